The number of nitrogens with zero attached hydrogens (tertiary/aromatic N) is 2. The second-order valence-corrected chi connectivity index (χ2v) is 4.24. The van der Waals surface area contributed by atoms with Crippen molar-refractivity contribution >= 4 is 5.82 Å². The van der Waals surface area contributed by atoms with Crippen molar-refractivity contribution < 1.29 is 4.74 Å². The van der Waals surface area contributed by atoms with Crippen molar-refractivity contribution in [3.8, 4) is 0 Å². The van der Waals surface area contributed by atoms with Gasteiger partial charge in [0.2, 0.25) is 0 Å². The van der Waals surface area contributed by atoms with E-state index in [1.807, 2.05) is 13.0 Å². The first kappa shape index (κ1) is 14.9. The topological polar surface area (TPSA) is 47.0 Å². The minimum atomic E-state index is 0.00340. The van der Waals surface area contributed by atoms with Crippen LogP contribution in [0.5, 0.6) is 0 Å². The molecule has 0 saturated heterocycles. The summed E-state index contributed by atoms with van der Waals surface area (Å²) in [6, 6.07) is 2.03. The highest BCUT2D eigenvalue weighted by molar-refractivity contribution is 5.36. The molecule has 0 fully saturated rings. The van der Waals surface area contributed by atoms with E-state index in [1.54, 1.807) is 0 Å². The Hall–Kier alpha value is -1.16. The van der Waals surface area contributed by atoms with Gasteiger partial charge in [-0.05, 0) is 26.2 Å². The first-order valence-electron chi connectivity index (χ1n) is 6.98. The second kappa shape index (κ2) is 8.03. The largest absolute Gasteiger partial charge is 0.371 e. The first-order valence-corrected chi connectivity index (χ1v) is 6.98. The standard InChI is InChI=1S/C14H25N3O/c1-5-9-15-13-10-11(6-2)16-14(17-13)12(7-3)18-8-4/h10,12H,5-9H2,1-4H3,(H,15,16,17). The molecule has 1 heterocycles. The van der Waals surface area contributed by atoms with Crippen LogP contribution in [0.4, 0.5) is 5.82 Å². The molecule has 1 rings (SSSR count). The zero-order valence-corrected chi connectivity index (χ0v) is 12.0. The lowest BCUT2D eigenvalue weighted by atomic mass is 10.2. The van der Waals surface area contributed by atoms with E-state index in [9.17, 15) is 0 Å². The fourth-order valence-electron chi connectivity index (χ4n) is 1.76. The van der Waals surface area contributed by atoms with Crippen molar-refractivity contribution in [3.05, 3.63) is 17.6 Å². The van der Waals surface area contributed by atoms with E-state index in [0.29, 0.717) is 6.61 Å². The molecule has 1 aromatic heterocycles. The van der Waals surface area contributed by atoms with Gasteiger partial charge in [0.05, 0.1) is 0 Å². The predicted octanol–water partition coefficient (Wildman–Crippen LogP) is 3.35. The summed E-state index contributed by atoms with van der Waals surface area (Å²) >= 11 is 0. The van der Waals surface area contributed by atoms with Crippen molar-refractivity contribution in [2.75, 3.05) is 18.5 Å². The number of ether oxygens (including phenoxy) is 1. The van der Waals surface area contributed by atoms with Gasteiger partial charge in [0, 0.05) is 24.9 Å². The van der Waals surface area contributed by atoms with E-state index in [0.717, 1.165) is 43.1 Å². The van der Waals surface area contributed by atoms with Crippen LogP contribution < -0.4 is 5.32 Å². The van der Waals surface area contributed by atoms with Crippen molar-refractivity contribution in [2.45, 2.75) is 53.1 Å². The Bertz CT molecular complexity index is 355. The third-order valence-corrected chi connectivity index (χ3v) is 2.74. The molecule has 0 aliphatic carbocycles. The van der Waals surface area contributed by atoms with Gasteiger partial charge in [-0.1, -0.05) is 20.8 Å². The lowest BCUT2D eigenvalue weighted by Gasteiger charge is -2.16. The molecule has 18 heavy (non-hydrogen) atoms. The van der Waals surface area contributed by atoms with E-state index in [2.05, 4.69) is 36.1 Å². The Morgan fingerprint density at radius 1 is 1.22 bits per heavy atom. The van der Waals surface area contributed by atoms with E-state index < -0.39 is 0 Å². The number of anilines is 1. The summed E-state index contributed by atoms with van der Waals surface area (Å²) in [4.78, 5) is 9.14. The summed E-state index contributed by atoms with van der Waals surface area (Å²) in [6.45, 7) is 9.98. The Labute approximate surface area is 110 Å². The van der Waals surface area contributed by atoms with Crippen LogP contribution in [0, 0.1) is 0 Å². The molecule has 0 saturated carbocycles. The number of rotatable bonds is 8. The zero-order valence-electron chi connectivity index (χ0n) is 12.0. The zero-order chi connectivity index (χ0) is 13.4. The summed E-state index contributed by atoms with van der Waals surface area (Å²) in [5.74, 6) is 1.72. The fraction of sp³-hybridized carbons (Fsp3) is 0.714. The van der Waals surface area contributed by atoms with Crippen molar-refractivity contribution in [2.24, 2.45) is 0 Å². The third kappa shape index (κ3) is 4.26. The average Bonchev–Trinajstić information content (AvgIpc) is 2.42. The molecule has 102 valence electrons. The maximum Gasteiger partial charge on any atom is 0.159 e. The third-order valence-electron chi connectivity index (χ3n) is 2.74. The lowest BCUT2D eigenvalue weighted by molar-refractivity contribution is 0.0534. The molecule has 0 radical (unpaired) electrons. The molecule has 1 N–H and O–H groups in total. The maximum absolute atomic E-state index is 5.68. The highest BCUT2D eigenvalue weighted by atomic mass is 16.5. The second-order valence-electron chi connectivity index (χ2n) is 4.24. The molecule has 4 nitrogen and oxygen atoms in total. The summed E-state index contributed by atoms with van der Waals surface area (Å²) in [6.07, 6.45) is 2.90. The molecule has 0 aliphatic heterocycles. The number of aryl methyl sites for hydroxylation is 1. The van der Waals surface area contributed by atoms with Gasteiger partial charge in [0.25, 0.3) is 0 Å². The van der Waals surface area contributed by atoms with Gasteiger partial charge in [0.1, 0.15) is 11.9 Å². The van der Waals surface area contributed by atoms with E-state index in [1.165, 1.54) is 0 Å². The van der Waals surface area contributed by atoms with Crippen LogP contribution in [0.25, 0.3) is 0 Å². The molecule has 0 aliphatic rings. The smallest absolute Gasteiger partial charge is 0.159 e. The van der Waals surface area contributed by atoms with Gasteiger partial charge in [-0.3, -0.25) is 0 Å². The molecular formula is C14H25N3O. The monoisotopic (exact) mass is 251 g/mol. The van der Waals surface area contributed by atoms with Crippen LogP contribution in [0.3, 0.4) is 0 Å². The fourth-order valence-corrected chi connectivity index (χ4v) is 1.76. The number of hydrogen-bond donors (Lipinski definition) is 1. The highest BCUT2D eigenvalue weighted by Gasteiger charge is 2.14. The van der Waals surface area contributed by atoms with E-state index in [-0.39, 0.29) is 6.10 Å². The van der Waals surface area contributed by atoms with Crippen molar-refractivity contribution in [1.82, 2.24) is 9.97 Å². The van der Waals surface area contributed by atoms with Crippen LogP contribution in [-0.4, -0.2) is 23.1 Å². The quantitative estimate of drug-likeness (QED) is 0.769. The molecule has 4 heteroatoms. The SMILES string of the molecule is CCCNc1cc(CC)nc(C(CC)OCC)n1. The van der Waals surface area contributed by atoms with E-state index >= 15 is 0 Å². The first-order chi connectivity index (χ1) is 8.74. The predicted molar refractivity (Wildman–Crippen MR) is 74.8 cm³/mol. The van der Waals surface area contributed by atoms with Gasteiger partial charge in [0.15, 0.2) is 5.82 Å². The minimum absolute atomic E-state index is 0.00340. The van der Waals surface area contributed by atoms with Crippen LogP contribution in [0.15, 0.2) is 6.07 Å². The van der Waals surface area contributed by atoms with E-state index in [4.69, 9.17) is 4.74 Å². The molecule has 0 spiro atoms. The van der Waals surface area contributed by atoms with Gasteiger partial charge < -0.3 is 10.1 Å². The lowest BCUT2D eigenvalue weighted by Crippen LogP contribution is -2.12. The molecule has 0 amide bonds. The Morgan fingerprint density at radius 3 is 2.56 bits per heavy atom. The molecular weight excluding hydrogens is 226 g/mol. The number of aromatic nitrogens is 2. The molecule has 1 atom stereocenters. The van der Waals surface area contributed by atoms with Crippen LogP contribution in [0.2, 0.25) is 0 Å². The summed E-state index contributed by atoms with van der Waals surface area (Å²) in [5, 5.41) is 3.32. The highest BCUT2D eigenvalue weighted by Crippen LogP contribution is 2.19. The Kier molecular flexibility index (Phi) is 6.65. The molecule has 1 unspecified atom stereocenters. The van der Waals surface area contributed by atoms with Crippen LogP contribution in [0.1, 0.15) is 58.2 Å². The Balaban J connectivity index is 2.94. The van der Waals surface area contributed by atoms with Crippen LogP contribution in [-0.2, 0) is 11.2 Å². The maximum atomic E-state index is 5.68. The van der Waals surface area contributed by atoms with Crippen molar-refractivity contribution in [1.29, 1.82) is 0 Å². The molecule has 0 aromatic carbocycles. The van der Waals surface area contributed by atoms with Gasteiger partial charge >= 0.3 is 0 Å². The van der Waals surface area contributed by atoms with Crippen LogP contribution >= 0.6 is 0 Å². The molecule has 0 bridgehead atoms. The average molecular weight is 251 g/mol. The van der Waals surface area contributed by atoms with Crippen molar-refractivity contribution in [3.63, 3.8) is 0 Å². The summed E-state index contributed by atoms with van der Waals surface area (Å²) in [5.41, 5.74) is 1.07. The minimum Gasteiger partial charge on any atom is -0.371 e. The van der Waals surface area contributed by atoms with Gasteiger partial charge in [-0.2, -0.15) is 0 Å². The number of nitrogens with one attached hydrogen (secondary N) is 1. The van der Waals surface area contributed by atoms with Gasteiger partial charge in [-0.25, -0.2) is 9.97 Å². The summed E-state index contributed by atoms with van der Waals surface area (Å²) in [7, 11) is 0. The normalized spacial score (nSPS) is 12.4. The van der Waals surface area contributed by atoms with Gasteiger partial charge in [-0.15, -0.1) is 0 Å². The number of hydrogen-bond acceptors (Lipinski definition) is 4. The Morgan fingerprint density at radius 2 is 2.00 bits per heavy atom. The molecule has 1 aromatic rings. The summed E-state index contributed by atoms with van der Waals surface area (Å²) < 4.78 is 5.68.